The maximum absolute atomic E-state index is 13.2. The predicted molar refractivity (Wildman–Crippen MR) is 108 cm³/mol. The van der Waals surface area contributed by atoms with Crippen LogP contribution in [0.15, 0.2) is 28.8 Å². The number of benzene rings is 1. The van der Waals surface area contributed by atoms with E-state index in [4.69, 9.17) is 0 Å². The first-order valence-corrected chi connectivity index (χ1v) is 10.7. The summed E-state index contributed by atoms with van der Waals surface area (Å²) in [5, 5.41) is 2.91. The molecule has 0 aromatic heterocycles. The van der Waals surface area contributed by atoms with Crippen molar-refractivity contribution in [1.29, 1.82) is 0 Å². The summed E-state index contributed by atoms with van der Waals surface area (Å²) in [7, 11) is 0. The molecule has 7 atom stereocenters. The van der Waals surface area contributed by atoms with Crippen LogP contribution in [0.4, 0.5) is 5.69 Å². The lowest BCUT2D eigenvalue weighted by Gasteiger charge is -2.37. The summed E-state index contributed by atoms with van der Waals surface area (Å²) in [6, 6.07) is 2.91. The molecule has 146 valence electrons. The Bertz CT molecular complexity index is 919. The zero-order valence-corrected chi connectivity index (χ0v) is 17.7. The Morgan fingerprint density at radius 3 is 2.21 bits per heavy atom. The third kappa shape index (κ3) is 2.33. The molecular formula is C22H23BrN2O3. The SMILES string of the molecule is Cc1c(Br)ccc(NC(=O)[C@H](C)N2C(=O)[C@H]3[C@@H]4C=C[C@H]([C@H]5C[C@H]45)[C@@H]3C2=O)c1C. The Balaban J connectivity index is 1.38. The van der Waals surface area contributed by atoms with Crippen molar-refractivity contribution in [1.82, 2.24) is 4.90 Å². The second-order valence-corrected chi connectivity index (χ2v) is 9.57. The van der Waals surface area contributed by atoms with Crippen LogP contribution in [0.3, 0.4) is 0 Å². The lowest BCUT2D eigenvalue weighted by molar-refractivity contribution is -0.146. The molecule has 28 heavy (non-hydrogen) atoms. The maximum Gasteiger partial charge on any atom is 0.247 e. The molecule has 1 aromatic rings. The molecule has 5 nitrogen and oxygen atoms in total. The van der Waals surface area contributed by atoms with Crippen LogP contribution in [0.1, 0.15) is 24.5 Å². The number of likely N-dealkylation sites (tertiary alicyclic amines) is 1. The summed E-state index contributed by atoms with van der Waals surface area (Å²) in [5.41, 5.74) is 2.72. The topological polar surface area (TPSA) is 66.5 Å². The van der Waals surface area contributed by atoms with Gasteiger partial charge in [0.25, 0.3) is 0 Å². The van der Waals surface area contributed by atoms with Gasteiger partial charge in [0.05, 0.1) is 11.8 Å². The first kappa shape index (κ1) is 18.1. The van der Waals surface area contributed by atoms with Crippen LogP contribution in [0, 0.1) is 49.4 Å². The van der Waals surface area contributed by atoms with E-state index in [2.05, 4.69) is 33.4 Å². The number of amides is 3. The van der Waals surface area contributed by atoms with E-state index in [-0.39, 0.29) is 41.4 Å². The Hall–Kier alpha value is -1.95. The fourth-order valence-electron chi connectivity index (χ4n) is 5.64. The molecule has 0 spiro atoms. The summed E-state index contributed by atoms with van der Waals surface area (Å²) in [4.78, 5) is 40.5. The highest BCUT2D eigenvalue weighted by molar-refractivity contribution is 9.10. The van der Waals surface area contributed by atoms with Crippen molar-refractivity contribution in [3.8, 4) is 0 Å². The monoisotopic (exact) mass is 442 g/mol. The maximum atomic E-state index is 13.2. The predicted octanol–water partition coefficient (Wildman–Crippen LogP) is 3.45. The summed E-state index contributed by atoms with van der Waals surface area (Å²) >= 11 is 3.49. The first-order valence-electron chi connectivity index (χ1n) is 9.93. The minimum absolute atomic E-state index is 0.161. The normalized spacial score (nSPS) is 35.6. The Morgan fingerprint density at radius 2 is 1.64 bits per heavy atom. The molecule has 4 aliphatic carbocycles. The molecule has 3 fully saturated rings. The Labute approximate surface area is 172 Å². The van der Waals surface area contributed by atoms with Crippen LogP contribution in [0.2, 0.25) is 0 Å². The second-order valence-electron chi connectivity index (χ2n) is 8.71. The summed E-state index contributed by atoms with van der Waals surface area (Å²) < 4.78 is 0.978. The summed E-state index contributed by atoms with van der Waals surface area (Å²) in [5.74, 6) is 0.293. The van der Waals surface area contributed by atoms with Crippen LogP contribution in [0.5, 0.6) is 0 Å². The van der Waals surface area contributed by atoms with Gasteiger partial charge in [0.15, 0.2) is 0 Å². The quantitative estimate of drug-likeness (QED) is 0.575. The number of carbonyl (C=O) groups excluding carboxylic acids is 3. The fraction of sp³-hybridized carbons (Fsp3) is 0.500. The van der Waals surface area contributed by atoms with Gasteiger partial charge < -0.3 is 5.32 Å². The number of hydrogen-bond donors (Lipinski definition) is 1. The number of hydrogen-bond acceptors (Lipinski definition) is 3. The molecule has 3 amide bonds. The molecule has 0 radical (unpaired) electrons. The van der Waals surface area contributed by atoms with Gasteiger partial charge in [-0.1, -0.05) is 28.1 Å². The van der Waals surface area contributed by atoms with Gasteiger partial charge in [-0.2, -0.15) is 0 Å². The van der Waals surface area contributed by atoms with Crippen molar-refractivity contribution in [2.24, 2.45) is 35.5 Å². The van der Waals surface area contributed by atoms with E-state index in [0.717, 1.165) is 22.0 Å². The lowest BCUT2D eigenvalue weighted by Crippen LogP contribution is -2.46. The number of imide groups is 1. The van der Waals surface area contributed by atoms with Gasteiger partial charge >= 0.3 is 0 Å². The van der Waals surface area contributed by atoms with Gasteiger partial charge in [0.1, 0.15) is 6.04 Å². The van der Waals surface area contributed by atoms with E-state index >= 15 is 0 Å². The molecule has 5 aliphatic rings. The zero-order chi connectivity index (χ0) is 19.9. The van der Waals surface area contributed by atoms with Crippen molar-refractivity contribution < 1.29 is 14.4 Å². The molecule has 6 rings (SSSR count). The molecule has 1 aliphatic heterocycles. The lowest BCUT2D eigenvalue weighted by atomic mass is 9.63. The number of allylic oxidation sites excluding steroid dienone is 2. The third-order valence-corrected chi connectivity index (χ3v) is 8.30. The van der Waals surface area contributed by atoms with Crippen LogP contribution < -0.4 is 5.32 Å². The second kappa shape index (κ2) is 6.02. The molecule has 2 saturated carbocycles. The van der Waals surface area contributed by atoms with Crippen molar-refractivity contribution in [3.05, 3.63) is 39.9 Å². The van der Waals surface area contributed by atoms with Crippen molar-refractivity contribution in [2.45, 2.75) is 33.2 Å². The van der Waals surface area contributed by atoms with Gasteiger partial charge in [0.2, 0.25) is 17.7 Å². The smallest absolute Gasteiger partial charge is 0.247 e. The molecule has 1 aromatic carbocycles. The highest BCUT2D eigenvalue weighted by Crippen LogP contribution is 2.65. The number of halogens is 1. The van der Waals surface area contributed by atoms with Crippen LogP contribution in [-0.4, -0.2) is 28.7 Å². The zero-order valence-electron chi connectivity index (χ0n) is 16.1. The number of anilines is 1. The van der Waals surface area contributed by atoms with E-state index in [9.17, 15) is 14.4 Å². The van der Waals surface area contributed by atoms with E-state index in [1.807, 2.05) is 26.0 Å². The molecule has 1 N–H and O–H groups in total. The molecule has 6 heteroatoms. The van der Waals surface area contributed by atoms with Gasteiger partial charge in [0, 0.05) is 10.2 Å². The van der Waals surface area contributed by atoms with Gasteiger partial charge in [-0.05, 0) is 74.1 Å². The molecular weight excluding hydrogens is 420 g/mol. The number of nitrogens with one attached hydrogen (secondary N) is 1. The van der Waals surface area contributed by atoms with Crippen LogP contribution in [-0.2, 0) is 14.4 Å². The van der Waals surface area contributed by atoms with Crippen molar-refractivity contribution in [3.63, 3.8) is 0 Å². The first-order chi connectivity index (χ1) is 13.3. The van der Waals surface area contributed by atoms with Gasteiger partial charge in [-0.25, -0.2) is 0 Å². The molecule has 2 bridgehead atoms. The largest absolute Gasteiger partial charge is 0.324 e. The molecule has 1 heterocycles. The minimum Gasteiger partial charge on any atom is -0.324 e. The van der Waals surface area contributed by atoms with Crippen molar-refractivity contribution >= 4 is 39.3 Å². The van der Waals surface area contributed by atoms with E-state index in [1.165, 1.54) is 4.90 Å². The van der Waals surface area contributed by atoms with Gasteiger partial charge in [-0.15, -0.1) is 0 Å². The van der Waals surface area contributed by atoms with Crippen LogP contribution >= 0.6 is 15.9 Å². The summed E-state index contributed by atoms with van der Waals surface area (Å²) in [6.07, 6.45) is 5.43. The van der Waals surface area contributed by atoms with Crippen LogP contribution in [0.25, 0.3) is 0 Å². The number of carbonyl (C=O) groups is 3. The number of rotatable bonds is 3. The highest BCUT2D eigenvalue weighted by Gasteiger charge is 2.67. The third-order valence-electron chi connectivity index (χ3n) is 7.44. The Morgan fingerprint density at radius 1 is 1.07 bits per heavy atom. The summed E-state index contributed by atoms with van der Waals surface area (Å²) in [6.45, 7) is 5.57. The number of nitrogens with zero attached hydrogens (tertiary/aromatic N) is 1. The van der Waals surface area contributed by atoms with Gasteiger partial charge in [-0.3, -0.25) is 19.3 Å². The average Bonchev–Trinajstić information content (AvgIpc) is 3.45. The highest BCUT2D eigenvalue weighted by atomic mass is 79.9. The average molecular weight is 443 g/mol. The van der Waals surface area contributed by atoms with Crippen molar-refractivity contribution in [2.75, 3.05) is 5.32 Å². The molecule has 1 saturated heterocycles. The standard InChI is InChI=1S/C22H23BrN2O3/c1-9-10(2)17(7-6-16(9)23)24-20(26)11(3)25-21(27)18-12-4-5-13(15-8-14(12)15)19(18)22(25)28/h4-7,11-15,18-19H,8H2,1-3H3,(H,24,26)/t11-,12+,13+,14+,15+,18-,19-/m0/s1. The molecule has 0 unspecified atom stereocenters. The minimum atomic E-state index is -0.815. The Kier molecular flexibility index (Phi) is 3.89. The van der Waals surface area contributed by atoms with E-state index in [1.54, 1.807) is 6.92 Å². The fourth-order valence-corrected chi connectivity index (χ4v) is 6.07. The van der Waals surface area contributed by atoms with E-state index in [0.29, 0.717) is 17.5 Å². The van der Waals surface area contributed by atoms with E-state index < -0.39 is 6.04 Å².